The lowest BCUT2D eigenvalue weighted by Gasteiger charge is -2.32. The number of carbonyl (C=O) groups is 1. The first-order valence-electron chi connectivity index (χ1n) is 8.74. The molecule has 1 atom stereocenters. The largest absolute Gasteiger partial charge is 0.416 e. The summed E-state index contributed by atoms with van der Waals surface area (Å²) < 4.78 is 39.9. The summed E-state index contributed by atoms with van der Waals surface area (Å²) >= 11 is 1.62. The van der Waals surface area contributed by atoms with Crippen molar-refractivity contribution in [2.45, 2.75) is 24.9 Å². The monoisotopic (exact) mass is 390 g/mol. The summed E-state index contributed by atoms with van der Waals surface area (Å²) in [6.45, 7) is 1.03. The number of fused-ring (bicyclic) bond motifs is 1. The number of aromatic nitrogens is 1. The van der Waals surface area contributed by atoms with Crippen LogP contribution in [-0.4, -0.2) is 28.9 Å². The minimum Gasteiger partial charge on any atom is -0.338 e. The van der Waals surface area contributed by atoms with Crippen LogP contribution in [0.2, 0.25) is 0 Å². The van der Waals surface area contributed by atoms with Gasteiger partial charge in [0.15, 0.2) is 0 Å². The topological polar surface area (TPSA) is 33.2 Å². The molecule has 1 aromatic heterocycles. The van der Waals surface area contributed by atoms with Crippen LogP contribution in [0, 0.1) is 0 Å². The van der Waals surface area contributed by atoms with Crippen molar-refractivity contribution in [2.24, 2.45) is 0 Å². The van der Waals surface area contributed by atoms with Crippen LogP contribution in [0.4, 0.5) is 13.2 Å². The highest BCUT2D eigenvalue weighted by molar-refractivity contribution is 7.18. The minimum atomic E-state index is -4.46. The van der Waals surface area contributed by atoms with Gasteiger partial charge in [0.1, 0.15) is 0 Å². The maximum absolute atomic E-state index is 12.9. The molecule has 0 saturated carbocycles. The number of alkyl halides is 3. The molecule has 1 aliphatic rings. The number of halogens is 3. The fourth-order valence-corrected chi connectivity index (χ4v) is 4.53. The lowest BCUT2D eigenvalue weighted by Crippen LogP contribution is -2.39. The zero-order valence-electron chi connectivity index (χ0n) is 14.4. The van der Waals surface area contributed by atoms with E-state index in [9.17, 15) is 18.0 Å². The number of piperidine rings is 1. The number of rotatable bonds is 2. The van der Waals surface area contributed by atoms with Crippen molar-refractivity contribution in [3.05, 3.63) is 64.7 Å². The van der Waals surface area contributed by atoms with Gasteiger partial charge in [0.25, 0.3) is 5.91 Å². The van der Waals surface area contributed by atoms with Crippen LogP contribution in [0.25, 0.3) is 10.2 Å². The third-order valence-corrected chi connectivity index (χ3v) is 6.00. The fraction of sp³-hybridized carbons (Fsp3) is 0.300. The Balaban J connectivity index is 1.55. The summed E-state index contributed by atoms with van der Waals surface area (Å²) in [6.07, 6.45) is -2.72. The van der Waals surface area contributed by atoms with E-state index in [-0.39, 0.29) is 17.4 Å². The van der Waals surface area contributed by atoms with E-state index >= 15 is 0 Å². The van der Waals surface area contributed by atoms with Crippen LogP contribution < -0.4 is 0 Å². The molecule has 1 amide bonds. The van der Waals surface area contributed by atoms with Gasteiger partial charge in [0.05, 0.1) is 20.8 Å². The second-order valence-corrected chi connectivity index (χ2v) is 7.75. The molecule has 3 nitrogen and oxygen atoms in total. The average molecular weight is 390 g/mol. The number of benzene rings is 2. The summed E-state index contributed by atoms with van der Waals surface area (Å²) in [6, 6.07) is 12.5. The summed E-state index contributed by atoms with van der Waals surface area (Å²) in [7, 11) is 0. The molecule has 7 heteroatoms. The van der Waals surface area contributed by atoms with E-state index in [0.29, 0.717) is 13.1 Å². The smallest absolute Gasteiger partial charge is 0.338 e. The highest BCUT2D eigenvalue weighted by Gasteiger charge is 2.32. The van der Waals surface area contributed by atoms with Crippen molar-refractivity contribution >= 4 is 27.5 Å². The van der Waals surface area contributed by atoms with Gasteiger partial charge < -0.3 is 4.90 Å². The van der Waals surface area contributed by atoms with Gasteiger partial charge in [-0.15, -0.1) is 11.3 Å². The van der Waals surface area contributed by atoms with Crippen LogP contribution in [0.3, 0.4) is 0 Å². The Bertz CT molecular complexity index is 950. The van der Waals surface area contributed by atoms with Crippen molar-refractivity contribution < 1.29 is 18.0 Å². The third kappa shape index (κ3) is 3.69. The molecular weight excluding hydrogens is 373 g/mol. The van der Waals surface area contributed by atoms with Gasteiger partial charge in [-0.05, 0) is 43.2 Å². The SMILES string of the molecule is O=C(c1cccc(C(F)(F)F)c1)N1CCCC(c2nc3ccccc3s2)C1. The number of carbonyl (C=O) groups excluding carboxylic acids is 1. The normalized spacial score (nSPS) is 18.0. The van der Waals surface area contributed by atoms with Crippen LogP contribution in [0.1, 0.15) is 39.7 Å². The lowest BCUT2D eigenvalue weighted by molar-refractivity contribution is -0.137. The van der Waals surface area contributed by atoms with Gasteiger partial charge in [-0.1, -0.05) is 18.2 Å². The number of hydrogen-bond donors (Lipinski definition) is 0. The van der Waals surface area contributed by atoms with Gasteiger partial charge in [0, 0.05) is 24.6 Å². The van der Waals surface area contributed by atoms with Crippen LogP contribution in [0.15, 0.2) is 48.5 Å². The van der Waals surface area contributed by atoms with Gasteiger partial charge in [0.2, 0.25) is 0 Å². The number of nitrogens with zero attached hydrogens (tertiary/aromatic N) is 2. The fourth-order valence-electron chi connectivity index (χ4n) is 3.44. The predicted molar refractivity (Wildman–Crippen MR) is 98.9 cm³/mol. The van der Waals surface area contributed by atoms with Crippen molar-refractivity contribution in [1.82, 2.24) is 9.88 Å². The lowest BCUT2D eigenvalue weighted by atomic mass is 9.97. The predicted octanol–water partition coefficient (Wildman–Crippen LogP) is 5.33. The molecule has 0 N–H and O–H groups in total. The van der Waals surface area contributed by atoms with E-state index < -0.39 is 11.7 Å². The number of thiazole rings is 1. The molecule has 4 rings (SSSR count). The molecule has 27 heavy (non-hydrogen) atoms. The maximum atomic E-state index is 12.9. The standard InChI is InChI=1S/C20H17F3N2OS/c21-20(22,23)15-7-3-5-13(11-15)19(26)25-10-4-6-14(12-25)18-24-16-8-1-2-9-17(16)27-18/h1-3,5,7-9,11,14H,4,6,10,12H2. The first-order chi connectivity index (χ1) is 12.9. The van der Waals surface area contributed by atoms with E-state index in [0.717, 1.165) is 40.2 Å². The van der Waals surface area contributed by atoms with Crippen molar-refractivity contribution in [3.8, 4) is 0 Å². The molecule has 0 bridgehead atoms. The Hall–Kier alpha value is -2.41. The molecule has 0 spiro atoms. The molecule has 2 heterocycles. The molecule has 2 aromatic carbocycles. The third-order valence-electron chi connectivity index (χ3n) is 4.81. The van der Waals surface area contributed by atoms with Gasteiger partial charge in [-0.3, -0.25) is 4.79 Å². The molecule has 0 aliphatic carbocycles. The Morgan fingerprint density at radius 1 is 1.15 bits per heavy atom. The number of hydrogen-bond acceptors (Lipinski definition) is 3. The zero-order chi connectivity index (χ0) is 19.0. The van der Waals surface area contributed by atoms with E-state index in [1.54, 1.807) is 16.2 Å². The number of likely N-dealkylation sites (tertiary alicyclic amines) is 1. The Morgan fingerprint density at radius 2 is 1.96 bits per heavy atom. The minimum absolute atomic E-state index is 0.0785. The van der Waals surface area contributed by atoms with Crippen LogP contribution in [0.5, 0.6) is 0 Å². The van der Waals surface area contributed by atoms with Gasteiger partial charge in [-0.25, -0.2) is 4.98 Å². The molecule has 1 fully saturated rings. The summed E-state index contributed by atoms with van der Waals surface area (Å²) in [4.78, 5) is 19.1. The number of para-hydroxylation sites is 1. The van der Waals surface area contributed by atoms with E-state index in [1.807, 2.05) is 24.3 Å². The first-order valence-corrected chi connectivity index (χ1v) is 9.55. The quantitative estimate of drug-likeness (QED) is 0.592. The molecule has 1 aliphatic heterocycles. The van der Waals surface area contributed by atoms with E-state index in [2.05, 4.69) is 4.98 Å². The molecule has 1 saturated heterocycles. The first kappa shape index (κ1) is 18.0. The number of amides is 1. The van der Waals surface area contributed by atoms with Crippen LogP contribution in [-0.2, 0) is 6.18 Å². The summed E-state index contributed by atoms with van der Waals surface area (Å²) in [5.74, 6) is -0.238. The zero-order valence-corrected chi connectivity index (χ0v) is 15.2. The average Bonchev–Trinajstić information content (AvgIpc) is 3.11. The summed E-state index contributed by atoms with van der Waals surface area (Å²) in [5.41, 5.74) is 0.224. The molecular formula is C20H17F3N2OS. The molecule has 3 aromatic rings. The maximum Gasteiger partial charge on any atom is 0.416 e. The highest BCUT2D eigenvalue weighted by Crippen LogP contribution is 2.34. The molecule has 1 unspecified atom stereocenters. The highest BCUT2D eigenvalue weighted by atomic mass is 32.1. The molecule has 140 valence electrons. The van der Waals surface area contributed by atoms with Gasteiger partial charge in [-0.2, -0.15) is 13.2 Å². The molecule has 0 radical (unpaired) electrons. The Kier molecular flexibility index (Phi) is 4.63. The van der Waals surface area contributed by atoms with Crippen molar-refractivity contribution in [2.75, 3.05) is 13.1 Å². The van der Waals surface area contributed by atoms with Crippen molar-refractivity contribution in [1.29, 1.82) is 0 Å². The second-order valence-electron chi connectivity index (χ2n) is 6.69. The van der Waals surface area contributed by atoms with Gasteiger partial charge >= 0.3 is 6.18 Å². The Labute approximate surface area is 158 Å². The van der Waals surface area contributed by atoms with E-state index in [4.69, 9.17) is 0 Å². The van der Waals surface area contributed by atoms with Crippen molar-refractivity contribution in [3.63, 3.8) is 0 Å². The summed E-state index contributed by atoms with van der Waals surface area (Å²) in [5, 5.41) is 0.984. The Morgan fingerprint density at radius 3 is 2.74 bits per heavy atom. The van der Waals surface area contributed by atoms with E-state index in [1.165, 1.54) is 12.1 Å². The van der Waals surface area contributed by atoms with Crippen LogP contribution >= 0.6 is 11.3 Å². The second kappa shape index (κ2) is 6.96.